The SMILES string of the molecule is CC(=O)Oc1cccc(Cl)c1C(=O)Nc1cc(C(F)(F)F)ccc1Cl. The van der Waals surface area contributed by atoms with Crippen molar-refractivity contribution in [2.45, 2.75) is 13.1 Å². The van der Waals surface area contributed by atoms with Crippen LogP contribution < -0.4 is 10.1 Å². The van der Waals surface area contributed by atoms with Crippen molar-refractivity contribution in [3.05, 3.63) is 57.6 Å². The van der Waals surface area contributed by atoms with Gasteiger partial charge in [-0.2, -0.15) is 13.2 Å². The summed E-state index contributed by atoms with van der Waals surface area (Å²) in [7, 11) is 0. The average Bonchev–Trinajstić information content (AvgIpc) is 2.47. The molecule has 0 saturated heterocycles. The number of nitrogens with one attached hydrogen (secondary N) is 1. The Morgan fingerprint density at radius 3 is 2.36 bits per heavy atom. The number of rotatable bonds is 3. The topological polar surface area (TPSA) is 55.4 Å². The maximum Gasteiger partial charge on any atom is 0.416 e. The molecule has 2 rings (SSSR count). The van der Waals surface area contributed by atoms with Crippen LogP contribution in [0.5, 0.6) is 5.75 Å². The Hall–Kier alpha value is -2.25. The van der Waals surface area contributed by atoms with E-state index >= 15 is 0 Å². The molecule has 0 fully saturated rings. The number of ether oxygens (including phenoxy) is 1. The molecule has 1 N–H and O–H groups in total. The van der Waals surface area contributed by atoms with Gasteiger partial charge in [-0.3, -0.25) is 9.59 Å². The normalized spacial score (nSPS) is 11.1. The van der Waals surface area contributed by atoms with Crippen molar-refractivity contribution in [3.8, 4) is 5.75 Å². The van der Waals surface area contributed by atoms with Gasteiger partial charge < -0.3 is 10.1 Å². The van der Waals surface area contributed by atoms with Crippen LogP contribution >= 0.6 is 23.2 Å². The Morgan fingerprint density at radius 1 is 1.08 bits per heavy atom. The summed E-state index contributed by atoms with van der Waals surface area (Å²) in [5, 5.41) is 2.11. The summed E-state index contributed by atoms with van der Waals surface area (Å²) < 4.78 is 43.3. The summed E-state index contributed by atoms with van der Waals surface area (Å²) >= 11 is 11.8. The minimum Gasteiger partial charge on any atom is -0.426 e. The summed E-state index contributed by atoms with van der Waals surface area (Å²) in [5.74, 6) is -1.68. The van der Waals surface area contributed by atoms with Crippen LogP contribution in [0.4, 0.5) is 18.9 Å². The highest BCUT2D eigenvalue weighted by Crippen LogP contribution is 2.35. The third kappa shape index (κ3) is 4.64. The Kier molecular flexibility index (Phi) is 5.59. The van der Waals surface area contributed by atoms with Gasteiger partial charge in [-0.1, -0.05) is 29.3 Å². The molecular weight excluding hydrogens is 382 g/mol. The maximum absolute atomic E-state index is 12.8. The van der Waals surface area contributed by atoms with Crippen molar-refractivity contribution in [2.24, 2.45) is 0 Å². The van der Waals surface area contributed by atoms with E-state index in [2.05, 4.69) is 5.32 Å². The van der Waals surface area contributed by atoms with Crippen LogP contribution in [-0.4, -0.2) is 11.9 Å². The molecule has 0 saturated carbocycles. The van der Waals surface area contributed by atoms with Gasteiger partial charge in [0.25, 0.3) is 5.91 Å². The minimum atomic E-state index is -4.60. The maximum atomic E-state index is 12.8. The molecule has 0 aromatic heterocycles. The van der Waals surface area contributed by atoms with Gasteiger partial charge in [-0.05, 0) is 30.3 Å². The van der Waals surface area contributed by atoms with E-state index in [4.69, 9.17) is 27.9 Å². The van der Waals surface area contributed by atoms with Crippen LogP contribution in [0.15, 0.2) is 36.4 Å². The molecule has 1 amide bonds. The fraction of sp³-hybridized carbons (Fsp3) is 0.125. The number of amides is 1. The lowest BCUT2D eigenvalue weighted by Crippen LogP contribution is -2.16. The van der Waals surface area contributed by atoms with Crippen molar-refractivity contribution in [1.29, 1.82) is 0 Å². The fourth-order valence-electron chi connectivity index (χ4n) is 1.95. The second kappa shape index (κ2) is 7.33. The highest BCUT2D eigenvalue weighted by atomic mass is 35.5. The first-order valence-corrected chi connectivity index (χ1v) is 7.50. The molecule has 25 heavy (non-hydrogen) atoms. The molecular formula is C16H10Cl2F3NO3. The van der Waals surface area contributed by atoms with Crippen LogP contribution in [0.25, 0.3) is 0 Å². The molecule has 4 nitrogen and oxygen atoms in total. The lowest BCUT2D eigenvalue weighted by molar-refractivity contribution is -0.137. The number of benzene rings is 2. The molecule has 2 aromatic carbocycles. The van der Waals surface area contributed by atoms with Crippen molar-refractivity contribution in [2.75, 3.05) is 5.32 Å². The molecule has 0 spiro atoms. The van der Waals surface area contributed by atoms with Crippen LogP contribution in [0.3, 0.4) is 0 Å². The summed E-state index contributed by atoms with van der Waals surface area (Å²) in [4.78, 5) is 23.5. The van der Waals surface area contributed by atoms with Crippen LogP contribution in [0.1, 0.15) is 22.8 Å². The minimum absolute atomic E-state index is 0.0423. The number of halogens is 5. The fourth-order valence-corrected chi connectivity index (χ4v) is 2.36. The molecule has 132 valence electrons. The van der Waals surface area contributed by atoms with Gasteiger partial charge in [0.1, 0.15) is 11.3 Å². The number of carbonyl (C=O) groups excluding carboxylic acids is 2. The van der Waals surface area contributed by atoms with Crippen LogP contribution in [0.2, 0.25) is 10.0 Å². The Balaban J connectivity index is 2.40. The summed E-state index contributed by atoms with van der Waals surface area (Å²) in [5.41, 5.74) is -1.44. The number of esters is 1. The molecule has 0 radical (unpaired) electrons. The Bertz CT molecular complexity index is 838. The first-order chi connectivity index (χ1) is 11.6. The van der Waals surface area contributed by atoms with E-state index in [1.807, 2.05) is 0 Å². The van der Waals surface area contributed by atoms with Crippen molar-refractivity contribution >= 4 is 40.8 Å². The highest BCUT2D eigenvalue weighted by Gasteiger charge is 2.31. The quantitative estimate of drug-likeness (QED) is 0.578. The molecule has 9 heteroatoms. The molecule has 0 atom stereocenters. The van der Waals surface area contributed by atoms with Gasteiger partial charge in [0.2, 0.25) is 0 Å². The predicted molar refractivity (Wildman–Crippen MR) is 87.2 cm³/mol. The Morgan fingerprint density at radius 2 is 1.76 bits per heavy atom. The van der Waals surface area contributed by atoms with Gasteiger partial charge in [-0.15, -0.1) is 0 Å². The number of anilines is 1. The van der Waals surface area contributed by atoms with Crippen LogP contribution in [0, 0.1) is 0 Å². The average molecular weight is 392 g/mol. The van der Waals surface area contributed by atoms with Crippen molar-refractivity contribution < 1.29 is 27.5 Å². The first kappa shape index (κ1) is 19.1. The smallest absolute Gasteiger partial charge is 0.416 e. The largest absolute Gasteiger partial charge is 0.426 e. The number of hydrogen-bond donors (Lipinski definition) is 1. The third-order valence-electron chi connectivity index (χ3n) is 3.00. The molecule has 0 bridgehead atoms. The van der Waals surface area contributed by atoms with E-state index in [0.29, 0.717) is 6.07 Å². The van der Waals surface area contributed by atoms with E-state index < -0.39 is 23.6 Å². The number of carbonyl (C=O) groups is 2. The van der Waals surface area contributed by atoms with E-state index in [-0.39, 0.29) is 27.0 Å². The lowest BCUT2D eigenvalue weighted by Gasteiger charge is -2.14. The summed E-state index contributed by atoms with van der Waals surface area (Å²) in [6.45, 7) is 1.13. The zero-order chi connectivity index (χ0) is 18.8. The standard InChI is InChI=1S/C16H10Cl2F3NO3/c1-8(23)25-13-4-2-3-11(18)14(13)15(24)22-12-7-9(16(19,20)21)5-6-10(12)17/h2-7H,1H3,(H,22,24). The monoisotopic (exact) mass is 391 g/mol. The first-order valence-electron chi connectivity index (χ1n) is 6.74. The van der Waals surface area contributed by atoms with Gasteiger partial charge >= 0.3 is 12.1 Å². The van der Waals surface area contributed by atoms with Gasteiger partial charge in [-0.25, -0.2) is 0 Å². The molecule has 0 aliphatic carbocycles. The highest BCUT2D eigenvalue weighted by molar-refractivity contribution is 6.36. The number of hydrogen-bond acceptors (Lipinski definition) is 3. The molecule has 0 heterocycles. The number of alkyl halides is 3. The summed E-state index contributed by atoms with van der Waals surface area (Å²) in [6, 6.07) is 6.65. The zero-order valence-electron chi connectivity index (χ0n) is 12.6. The van der Waals surface area contributed by atoms with Crippen LogP contribution in [-0.2, 0) is 11.0 Å². The van der Waals surface area contributed by atoms with Crippen molar-refractivity contribution in [3.63, 3.8) is 0 Å². The van der Waals surface area contributed by atoms with E-state index in [1.165, 1.54) is 18.2 Å². The molecule has 0 unspecified atom stereocenters. The second-order valence-corrected chi connectivity index (χ2v) is 5.67. The van der Waals surface area contributed by atoms with Gasteiger partial charge in [0.15, 0.2) is 0 Å². The third-order valence-corrected chi connectivity index (χ3v) is 3.64. The van der Waals surface area contributed by atoms with Gasteiger partial charge in [0.05, 0.1) is 21.3 Å². The van der Waals surface area contributed by atoms with Gasteiger partial charge in [0, 0.05) is 6.92 Å². The second-order valence-electron chi connectivity index (χ2n) is 4.85. The summed E-state index contributed by atoms with van der Waals surface area (Å²) in [6.07, 6.45) is -4.60. The Labute approximate surface area is 150 Å². The molecule has 0 aliphatic rings. The molecule has 2 aromatic rings. The van der Waals surface area contributed by atoms with E-state index in [0.717, 1.165) is 19.1 Å². The van der Waals surface area contributed by atoms with E-state index in [1.54, 1.807) is 0 Å². The van der Waals surface area contributed by atoms with Crippen molar-refractivity contribution in [1.82, 2.24) is 0 Å². The molecule has 0 aliphatic heterocycles. The zero-order valence-corrected chi connectivity index (χ0v) is 14.1. The predicted octanol–water partition coefficient (Wildman–Crippen LogP) is 5.19. The van der Waals surface area contributed by atoms with E-state index in [9.17, 15) is 22.8 Å². The lowest BCUT2D eigenvalue weighted by atomic mass is 10.1.